The van der Waals surface area contributed by atoms with Crippen molar-refractivity contribution in [3.8, 4) is 0 Å². The highest BCUT2D eigenvalue weighted by atomic mass is 16.4. The first-order valence-corrected chi connectivity index (χ1v) is 4.38. The molecule has 13 heavy (non-hydrogen) atoms. The number of nitrogens with zero attached hydrogens (tertiary/aromatic N) is 2. The largest absolute Gasteiger partial charge is 0.481 e. The van der Waals surface area contributed by atoms with Crippen LogP contribution in [-0.2, 0) is 17.8 Å². The molecule has 1 heterocycles. The Kier molecular flexibility index (Phi) is 3.06. The first kappa shape index (κ1) is 9.77. The van der Waals surface area contributed by atoms with Crippen molar-refractivity contribution in [1.82, 2.24) is 9.78 Å². The van der Waals surface area contributed by atoms with Crippen LogP contribution in [0.1, 0.15) is 19.5 Å². The van der Waals surface area contributed by atoms with Crippen LogP contribution in [0.4, 0.5) is 0 Å². The number of carboxylic acid groups (broad SMARTS) is 1. The van der Waals surface area contributed by atoms with E-state index >= 15 is 0 Å². The summed E-state index contributed by atoms with van der Waals surface area (Å²) in [5, 5.41) is 12.9. The Hall–Kier alpha value is -1.32. The lowest BCUT2D eigenvalue weighted by atomic mass is 10.1. The van der Waals surface area contributed by atoms with E-state index in [2.05, 4.69) is 5.10 Å². The van der Waals surface area contributed by atoms with Gasteiger partial charge in [-0.3, -0.25) is 9.48 Å². The van der Waals surface area contributed by atoms with Gasteiger partial charge in [0.15, 0.2) is 0 Å². The molecule has 0 aromatic carbocycles. The van der Waals surface area contributed by atoms with Crippen molar-refractivity contribution in [3.05, 3.63) is 18.0 Å². The summed E-state index contributed by atoms with van der Waals surface area (Å²) in [5.41, 5.74) is 0.844. The number of carboxylic acids is 1. The summed E-state index contributed by atoms with van der Waals surface area (Å²) in [4.78, 5) is 10.5. The summed E-state index contributed by atoms with van der Waals surface area (Å²) in [7, 11) is 0. The quantitative estimate of drug-likeness (QED) is 0.760. The van der Waals surface area contributed by atoms with E-state index in [0.717, 1.165) is 12.2 Å². The van der Waals surface area contributed by atoms with Gasteiger partial charge in [0.05, 0.1) is 11.6 Å². The predicted molar refractivity (Wildman–Crippen MR) is 48.4 cm³/mol. The number of hydrogen-bond donors (Lipinski definition) is 1. The molecule has 1 unspecified atom stereocenters. The minimum Gasteiger partial charge on any atom is -0.481 e. The van der Waals surface area contributed by atoms with Gasteiger partial charge in [-0.1, -0.05) is 6.92 Å². The molecule has 4 heteroatoms. The molecule has 1 atom stereocenters. The Bertz CT molecular complexity index is 294. The number of hydrogen-bond acceptors (Lipinski definition) is 2. The zero-order valence-corrected chi connectivity index (χ0v) is 7.90. The first-order chi connectivity index (χ1) is 6.13. The third-order valence-corrected chi connectivity index (χ3v) is 1.96. The monoisotopic (exact) mass is 182 g/mol. The molecule has 0 saturated heterocycles. The minimum atomic E-state index is -0.772. The van der Waals surface area contributed by atoms with Crippen molar-refractivity contribution in [1.29, 1.82) is 0 Å². The van der Waals surface area contributed by atoms with Crippen molar-refractivity contribution in [3.63, 3.8) is 0 Å². The van der Waals surface area contributed by atoms with Gasteiger partial charge in [0.1, 0.15) is 0 Å². The van der Waals surface area contributed by atoms with Gasteiger partial charge in [0.25, 0.3) is 0 Å². The van der Waals surface area contributed by atoms with Crippen molar-refractivity contribution >= 4 is 5.97 Å². The van der Waals surface area contributed by atoms with Crippen LogP contribution >= 0.6 is 0 Å². The predicted octanol–water partition coefficient (Wildman–Crippen LogP) is 1.17. The van der Waals surface area contributed by atoms with Gasteiger partial charge in [-0.25, -0.2) is 0 Å². The topological polar surface area (TPSA) is 55.1 Å². The highest BCUT2D eigenvalue weighted by molar-refractivity contribution is 5.69. The number of rotatable bonds is 4. The summed E-state index contributed by atoms with van der Waals surface area (Å²) < 4.78 is 1.80. The Morgan fingerprint density at radius 3 is 2.92 bits per heavy atom. The van der Waals surface area contributed by atoms with Crippen LogP contribution in [-0.4, -0.2) is 20.9 Å². The van der Waals surface area contributed by atoms with Crippen molar-refractivity contribution in [2.24, 2.45) is 5.92 Å². The molecule has 0 fully saturated rings. The number of aromatic nitrogens is 2. The second kappa shape index (κ2) is 4.07. The van der Waals surface area contributed by atoms with Gasteiger partial charge in [0.2, 0.25) is 0 Å². The summed E-state index contributed by atoms with van der Waals surface area (Å²) >= 11 is 0. The first-order valence-electron chi connectivity index (χ1n) is 4.38. The van der Waals surface area contributed by atoms with Crippen LogP contribution in [0, 0.1) is 5.92 Å². The molecular formula is C9H14N2O2. The lowest BCUT2D eigenvalue weighted by Crippen LogP contribution is -2.12. The minimum absolute atomic E-state index is 0.361. The molecule has 1 rings (SSSR count). The van der Waals surface area contributed by atoms with E-state index < -0.39 is 5.97 Å². The third-order valence-electron chi connectivity index (χ3n) is 1.96. The molecule has 0 saturated carbocycles. The van der Waals surface area contributed by atoms with Crippen LogP contribution in [0.25, 0.3) is 0 Å². The van der Waals surface area contributed by atoms with Gasteiger partial charge >= 0.3 is 5.97 Å². The molecular weight excluding hydrogens is 168 g/mol. The molecule has 0 aliphatic heterocycles. The Morgan fingerprint density at radius 1 is 1.77 bits per heavy atom. The lowest BCUT2D eigenvalue weighted by Gasteiger charge is -2.01. The molecule has 0 radical (unpaired) electrons. The molecule has 0 bridgehead atoms. The van der Waals surface area contributed by atoms with Crippen LogP contribution < -0.4 is 0 Å². The number of carbonyl (C=O) groups is 1. The van der Waals surface area contributed by atoms with E-state index in [1.54, 1.807) is 11.6 Å². The van der Waals surface area contributed by atoms with E-state index in [0.29, 0.717) is 6.42 Å². The Morgan fingerprint density at radius 2 is 2.46 bits per heavy atom. The van der Waals surface area contributed by atoms with Crippen LogP contribution in [0.5, 0.6) is 0 Å². The van der Waals surface area contributed by atoms with Crippen molar-refractivity contribution < 1.29 is 9.90 Å². The highest BCUT2D eigenvalue weighted by Gasteiger charge is 2.12. The number of aryl methyl sites for hydroxylation is 1. The van der Waals surface area contributed by atoms with Gasteiger partial charge in [-0.15, -0.1) is 0 Å². The smallest absolute Gasteiger partial charge is 0.306 e. The van der Waals surface area contributed by atoms with Gasteiger partial charge in [-0.05, 0) is 13.0 Å². The average Bonchev–Trinajstić information content (AvgIpc) is 2.52. The van der Waals surface area contributed by atoms with Gasteiger partial charge < -0.3 is 5.11 Å². The molecule has 72 valence electrons. The second-order valence-corrected chi connectivity index (χ2v) is 3.11. The Labute approximate surface area is 77.2 Å². The summed E-state index contributed by atoms with van der Waals surface area (Å²) in [6.45, 7) is 4.51. The van der Waals surface area contributed by atoms with E-state index in [-0.39, 0.29) is 5.92 Å². The molecule has 1 aromatic heterocycles. The van der Waals surface area contributed by atoms with Crippen LogP contribution in [0.15, 0.2) is 12.3 Å². The fourth-order valence-corrected chi connectivity index (χ4v) is 1.09. The lowest BCUT2D eigenvalue weighted by molar-refractivity contribution is -0.141. The molecule has 1 aromatic rings. The maximum Gasteiger partial charge on any atom is 0.306 e. The zero-order chi connectivity index (χ0) is 9.84. The summed E-state index contributed by atoms with van der Waals surface area (Å²) in [6.07, 6.45) is 2.37. The van der Waals surface area contributed by atoms with E-state index in [4.69, 9.17) is 5.11 Å². The van der Waals surface area contributed by atoms with E-state index in [1.807, 2.05) is 19.2 Å². The zero-order valence-electron chi connectivity index (χ0n) is 7.90. The fraction of sp³-hybridized carbons (Fsp3) is 0.556. The third kappa shape index (κ3) is 2.57. The van der Waals surface area contributed by atoms with Crippen LogP contribution in [0.3, 0.4) is 0 Å². The SMILES string of the molecule is CCn1ccc(CC(C)C(=O)O)n1. The van der Waals surface area contributed by atoms with Crippen molar-refractivity contribution in [2.75, 3.05) is 0 Å². The van der Waals surface area contributed by atoms with Crippen LogP contribution in [0.2, 0.25) is 0 Å². The maximum atomic E-state index is 10.5. The molecule has 0 aliphatic rings. The Balaban J connectivity index is 2.58. The molecule has 0 spiro atoms. The molecule has 0 aliphatic carbocycles. The molecule has 4 nitrogen and oxygen atoms in total. The molecule has 0 amide bonds. The maximum absolute atomic E-state index is 10.5. The number of aliphatic carboxylic acids is 1. The standard InChI is InChI=1S/C9H14N2O2/c1-3-11-5-4-8(10-11)6-7(2)9(12)13/h4-5,7H,3,6H2,1-2H3,(H,12,13). The fourth-order valence-electron chi connectivity index (χ4n) is 1.09. The second-order valence-electron chi connectivity index (χ2n) is 3.11. The van der Waals surface area contributed by atoms with E-state index in [9.17, 15) is 4.79 Å². The summed E-state index contributed by atoms with van der Waals surface area (Å²) in [6, 6.07) is 1.86. The van der Waals surface area contributed by atoms with Crippen molar-refractivity contribution in [2.45, 2.75) is 26.8 Å². The normalized spacial score (nSPS) is 12.8. The molecule has 1 N–H and O–H groups in total. The van der Waals surface area contributed by atoms with Gasteiger partial charge in [-0.2, -0.15) is 5.10 Å². The van der Waals surface area contributed by atoms with Gasteiger partial charge in [0, 0.05) is 19.2 Å². The summed E-state index contributed by atoms with van der Waals surface area (Å²) in [5.74, 6) is -1.13. The van der Waals surface area contributed by atoms with E-state index in [1.165, 1.54) is 0 Å². The highest BCUT2D eigenvalue weighted by Crippen LogP contribution is 2.06. The average molecular weight is 182 g/mol.